The van der Waals surface area contributed by atoms with E-state index in [9.17, 15) is 0 Å². The summed E-state index contributed by atoms with van der Waals surface area (Å²) in [4.78, 5) is 0. The predicted molar refractivity (Wildman–Crippen MR) is 132 cm³/mol. The van der Waals surface area contributed by atoms with E-state index in [1.807, 2.05) is 0 Å². The maximum Gasteiger partial charge on any atom is 0.0330 e. The van der Waals surface area contributed by atoms with E-state index in [0.29, 0.717) is 11.8 Å². The number of allylic oxidation sites excluding steroid dienone is 6. The van der Waals surface area contributed by atoms with E-state index in [2.05, 4.69) is 82.6 Å². The summed E-state index contributed by atoms with van der Waals surface area (Å²) >= 11 is 0. The molecule has 2 atom stereocenters. The predicted octanol–water partition coefficient (Wildman–Crippen LogP) is 8.10. The molecule has 0 saturated heterocycles. The van der Waals surface area contributed by atoms with E-state index in [-0.39, 0.29) is 0 Å². The van der Waals surface area contributed by atoms with Crippen molar-refractivity contribution in [3.05, 3.63) is 88.7 Å². The van der Waals surface area contributed by atoms with E-state index < -0.39 is 0 Å². The lowest BCUT2D eigenvalue weighted by atomic mass is 9.79. The highest BCUT2D eigenvalue weighted by Gasteiger charge is 2.25. The average molecular weight is 402 g/mol. The van der Waals surface area contributed by atoms with Crippen molar-refractivity contribution >= 4 is 5.57 Å². The Hall–Kier alpha value is -2.28. The molecule has 0 spiro atoms. The van der Waals surface area contributed by atoms with Gasteiger partial charge >= 0.3 is 0 Å². The molecule has 0 aromatic heterocycles. The number of hydrogen-bond acceptors (Lipinski definition) is 1. The second kappa shape index (κ2) is 10.2. The van der Waals surface area contributed by atoms with Gasteiger partial charge in [0.1, 0.15) is 0 Å². The van der Waals surface area contributed by atoms with Crippen molar-refractivity contribution in [1.82, 2.24) is 5.32 Å². The number of nitrogens with one attached hydrogen (secondary N) is 1. The second-order valence-electron chi connectivity index (χ2n) is 9.31. The lowest BCUT2D eigenvalue weighted by Gasteiger charge is -2.29. The molecule has 0 bridgehead atoms. The summed E-state index contributed by atoms with van der Waals surface area (Å²) in [6.45, 7) is 18.4. The molecule has 1 aromatic rings. The minimum absolute atomic E-state index is 0.342. The van der Waals surface area contributed by atoms with E-state index in [1.165, 1.54) is 70.4 Å². The zero-order chi connectivity index (χ0) is 21.7. The molecule has 3 rings (SSSR count). The lowest BCUT2D eigenvalue weighted by Crippen LogP contribution is -2.23. The van der Waals surface area contributed by atoms with Gasteiger partial charge in [0.15, 0.2) is 0 Å². The molecule has 0 amide bonds. The molecule has 0 fully saturated rings. The second-order valence-corrected chi connectivity index (χ2v) is 9.31. The van der Waals surface area contributed by atoms with Crippen molar-refractivity contribution in [2.45, 2.75) is 72.1 Å². The first kappa shape index (κ1) is 22.4. The quantitative estimate of drug-likeness (QED) is 0.434. The molecule has 1 aromatic carbocycles. The maximum atomic E-state index is 4.47. The molecule has 30 heavy (non-hydrogen) atoms. The largest absolute Gasteiger partial charge is 0.384 e. The Kier molecular flexibility index (Phi) is 7.58. The minimum Gasteiger partial charge on any atom is -0.384 e. The first-order valence-corrected chi connectivity index (χ1v) is 11.7. The van der Waals surface area contributed by atoms with Gasteiger partial charge in [0.05, 0.1) is 0 Å². The average Bonchev–Trinajstić information content (AvgIpc) is 2.91. The molecule has 160 valence electrons. The van der Waals surface area contributed by atoms with Crippen LogP contribution in [0.3, 0.4) is 0 Å². The molecule has 1 heteroatoms. The Labute approximate surface area is 184 Å². The fourth-order valence-corrected chi connectivity index (χ4v) is 4.83. The first-order valence-electron chi connectivity index (χ1n) is 11.7. The Morgan fingerprint density at radius 2 is 1.93 bits per heavy atom. The van der Waals surface area contributed by atoms with Crippen molar-refractivity contribution in [2.75, 3.05) is 6.54 Å². The van der Waals surface area contributed by atoms with Crippen molar-refractivity contribution in [3.63, 3.8) is 0 Å². The fraction of sp³-hybridized carbons (Fsp3) is 0.448. The number of hydrogen-bond donors (Lipinski definition) is 1. The summed E-state index contributed by atoms with van der Waals surface area (Å²) in [6, 6.07) is 9.35. The van der Waals surface area contributed by atoms with Crippen LogP contribution in [0.4, 0.5) is 0 Å². The zero-order valence-corrected chi connectivity index (χ0v) is 19.5. The standard InChI is InChI=1S/C29H39N/c1-7-9-24(11-8-10-20(2)3)25-12-14-26(15-13-25)28-19-27-18-21(4)16-17-30-29(27)23(6)22(28)5/h12-16,19,23-24,30H,2,5,7-11,17-18H2,1,3-4,6H3. The molecule has 2 aliphatic rings. The number of rotatable bonds is 8. The van der Waals surface area contributed by atoms with Crippen LogP contribution < -0.4 is 5.32 Å². The van der Waals surface area contributed by atoms with Crippen LogP contribution in [0.5, 0.6) is 0 Å². The van der Waals surface area contributed by atoms with Crippen molar-refractivity contribution < 1.29 is 0 Å². The highest BCUT2D eigenvalue weighted by Crippen LogP contribution is 2.40. The van der Waals surface area contributed by atoms with Gasteiger partial charge in [0.25, 0.3) is 0 Å². The Morgan fingerprint density at radius 1 is 1.20 bits per heavy atom. The summed E-state index contributed by atoms with van der Waals surface area (Å²) in [5.74, 6) is 0.993. The monoisotopic (exact) mass is 401 g/mol. The highest BCUT2D eigenvalue weighted by molar-refractivity contribution is 5.83. The normalized spacial score (nSPS) is 20.0. The van der Waals surface area contributed by atoms with E-state index in [1.54, 1.807) is 0 Å². The molecular formula is C29H39N. The molecule has 1 nitrogen and oxygen atoms in total. The van der Waals surface area contributed by atoms with E-state index in [0.717, 1.165) is 19.4 Å². The summed E-state index contributed by atoms with van der Waals surface area (Å²) in [7, 11) is 0. The van der Waals surface area contributed by atoms with Crippen LogP contribution in [0.15, 0.2) is 77.6 Å². The van der Waals surface area contributed by atoms with Gasteiger partial charge in [-0.1, -0.05) is 68.3 Å². The Balaban J connectivity index is 1.83. The SMILES string of the molecule is C=C(C)CCCC(CCC)c1ccc(C2=CC3=C(NCC=C(C)C3)C(C)C2=C)cc1. The van der Waals surface area contributed by atoms with Crippen molar-refractivity contribution in [3.8, 4) is 0 Å². The van der Waals surface area contributed by atoms with Gasteiger partial charge < -0.3 is 5.32 Å². The van der Waals surface area contributed by atoms with Crippen LogP contribution >= 0.6 is 0 Å². The summed E-state index contributed by atoms with van der Waals surface area (Å²) in [5, 5.41) is 3.62. The summed E-state index contributed by atoms with van der Waals surface area (Å²) < 4.78 is 0. The third-order valence-corrected chi connectivity index (χ3v) is 6.66. The smallest absolute Gasteiger partial charge is 0.0330 e. The van der Waals surface area contributed by atoms with Crippen molar-refractivity contribution in [1.29, 1.82) is 0 Å². The Morgan fingerprint density at radius 3 is 2.60 bits per heavy atom. The third kappa shape index (κ3) is 5.25. The van der Waals surface area contributed by atoms with Gasteiger partial charge in [-0.2, -0.15) is 0 Å². The van der Waals surface area contributed by atoms with Crippen LogP contribution in [0.2, 0.25) is 0 Å². The van der Waals surface area contributed by atoms with Gasteiger partial charge in [-0.05, 0) is 85.8 Å². The number of benzene rings is 1. The molecular weight excluding hydrogens is 362 g/mol. The van der Waals surface area contributed by atoms with Gasteiger partial charge in [0.2, 0.25) is 0 Å². The van der Waals surface area contributed by atoms with Crippen molar-refractivity contribution in [2.24, 2.45) is 5.92 Å². The van der Waals surface area contributed by atoms with Crippen LogP contribution in [0, 0.1) is 5.92 Å². The van der Waals surface area contributed by atoms with E-state index >= 15 is 0 Å². The van der Waals surface area contributed by atoms with Gasteiger partial charge in [-0.15, -0.1) is 6.58 Å². The summed E-state index contributed by atoms with van der Waals surface area (Å²) in [5.41, 5.74) is 10.8. The van der Waals surface area contributed by atoms with Gasteiger partial charge in [-0.25, -0.2) is 0 Å². The molecule has 0 radical (unpaired) electrons. The minimum atomic E-state index is 0.342. The fourth-order valence-electron chi connectivity index (χ4n) is 4.83. The molecule has 2 unspecified atom stereocenters. The van der Waals surface area contributed by atoms with Crippen LogP contribution in [-0.2, 0) is 0 Å². The molecule has 1 aliphatic heterocycles. The van der Waals surface area contributed by atoms with Gasteiger partial charge in [0, 0.05) is 18.2 Å². The zero-order valence-electron chi connectivity index (χ0n) is 19.5. The van der Waals surface area contributed by atoms with E-state index in [4.69, 9.17) is 0 Å². The first-order chi connectivity index (χ1) is 14.4. The van der Waals surface area contributed by atoms with Crippen LogP contribution in [-0.4, -0.2) is 6.54 Å². The molecule has 1 aliphatic carbocycles. The lowest BCUT2D eigenvalue weighted by molar-refractivity contribution is 0.545. The highest BCUT2D eigenvalue weighted by atomic mass is 14.9. The molecule has 0 saturated carbocycles. The molecule has 1 heterocycles. The maximum absolute atomic E-state index is 4.47. The topological polar surface area (TPSA) is 12.0 Å². The molecule has 1 N–H and O–H groups in total. The van der Waals surface area contributed by atoms with Gasteiger partial charge in [-0.3, -0.25) is 0 Å². The van der Waals surface area contributed by atoms with Crippen LogP contribution in [0.1, 0.15) is 83.3 Å². The van der Waals surface area contributed by atoms with Crippen LogP contribution in [0.25, 0.3) is 5.57 Å². The summed E-state index contributed by atoms with van der Waals surface area (Å²) in [6.07, 6.45) is 11.8. The Bertz CT molecular complexity index is 875. The third-order valence-electron chi connectivity index (χ3n) is 6.66.